The molecule has 0 spiro atoms. The Kier molecular flexibility index (Phi) is 4.83. The molecule has 0 aromatic rings. The quantitative estimate of drug-likeness (QED) is 0.666. The number of amides is 1. The fraction of sp³-hybridized carbons (Fsp3) is 0.600. The first kappa shape index (κ1) is 11.7. The monoisotopic (exact) mass is 180 g/mol. The van der Waals surface area contributed by atoms with Crippen LogP contribution in [0.2, 0.25) is 0 Å². The predicted octanol–water partition coefficient (Wildman–Crippen LogP) is 1.47. The number of carbonyl (C=O) groups excluding carboxylic acids is 1. The van der Waals surface area contributed by atoms with Crippen LogP contribution >= 0.6 is 0 Å². The molecule has 72 valence electrons. The molecule has 0 saturated carbocycles. The maximum absolute atomic E-state index is 11.3. The Morgan fingerprint density at radius 1 is 1.62 bits per heavy atom. The van der Waals surface area contributed by atoms with Gasteiger partial charge in [0, 0.05) is 6.54 Å². The van der Waals surface area contributed by atoms with Gasteiger partial charge in [0.2, 0.25) is 5.91 Å². The zero-order valence-corrected chi connectivity index (χ0v) is 8.42. The molecule has 1 N–H and O–H groups in total. The first-order valence-corrected chi connectivity index (χ1v) is 4.30. The summed E-state index contributed by atoms with van der Waals surface area (Å²) < 4.78 is 0. The Balaban J connectivity index is 4.09. The molecule has 0 aromatic heterocycles. The molecule has 1 unspecified atom stereocenters. The van der Waals surface area contributed by atoms with Crippen LogP contribution in [0.3, 0.4) is 0 Å². The van der Waals surface area contributed by atoms with Crippen molar-refractivity contribution in [2.24, 2.45) is 11.8 Å². The van der Waals surface area contributed by atoms with Crippen molar-refractivity contribution in [3.05, 3.63) is 12.2 Å². The third kappa shape index (κ3) is 4.32. The van der Waals surface area contributed by atoms with E-state index in [1.165, 1.54) is 0 Å². The highest BCUT2D eigenvalue weighted by atomic mass is 16.1. The van der Waals surface area contributed by atoms with Crippen LogP contribution in [0.25, 0.3) is 0 Å². The van der Waals surface area contributed by atoms with Gasteiger partial charge < -0.3 is 5.32 Å². The second-order valence-corrected chi connectivity index (χ2v) is 3.53. The Labute approximate surface area is 79.4 Å². The van der Waals surface area contributed by atoms with Crippen LogP contribution < -0.4 is 5.32 Å². The van der Waals surface area contributed by atoms with Gasteiger partial charge in [-0.05, 0) is 12.8 Å². The largest absolute Gasteiger partial charge is 0.351 e. The van der Waals surface area contributed by atoms with Crippen LogP contribution in [-0.4, -0.2) is 12.5 Å². The van der Waals surface area contributed by atoms with Gasteiger partial charge in [0.05, 0.1) is 6.07 Å². The Bertz CT molecular complexity index is 238. The average Bonchev–Trinajstić information content (AvgIpc) is 2.01. The fourth-order valence-electron chi connectivity index (χ4n) is 0.858. The maximum Gasteiger partial charge on any atom is 0.237 e. The van der Waals surface area contributed by atoms with Crippen LogP contribution in [0.1, 0.15) is 20.8 Å². The van der Waals surface area contributed by atoms with Crippen molar-refractivity contribution >= 4 is 5.91 Å². The van der Waals surface area contributed by atoms with Crippen LogP contribution in [-0.2, 0) is 4.79 Å². The molecule has 3 heteroatoms. The van der Waals surface area contributed by atoms with Gasteiger partial charge in [-0.2, -0.15) is 5.26 Å². The highest BCUT2D eigenvalue weighted by Crippen LogP contribution is 2.09. The lowest BCUT2D eigenvalue weighted by Gasteiger charge is -2.12. The minimum Gasteiger partial charge on any atom is -0.351 e. The van der Waals surface area contributed by atoms with Crippen LogP contribution in [0.15, 0.2) is 12.2 Å². The van der Waals surface area contributed by atoms with Crippen molar-refractivity contribution in [3.63, 3.8) is 0 Å². The van der Waals surface area contributed by atoms with E-state index in [9.17, 15) is 4.79 Å². The predicted molar refractivity (Wildman–Crippen MR) is 51.8 cm³/mol. The molecular formula is C10H16N2O. The number of nitrogens with zero attached hydrogens (tertiary/aromatic N) is 1. The summed E-state index contributed by atoms with van der Waals surface area (Å²) in [7, 11) is 0. The van der Waals surface area contributed by atoms with Gasteiger partial charge >= 0.3 is 0 Å². The molecule has 0 radical (unpaired) electrons. The summed E-state index contributed by atoms with van der Waals surface area (Å²) in [4.78, 5) is 11.3. The van der Waals surface area contributed by atoms with Crippen molar-refractivity contribution in [2.75, 3.05) is 6.54 Å². The van der Waals surface area contributed by atoms with Gasteiger partial charge in [-0.3, -0.25) is 4.79 Å². The van der Waals surface area contributed by atoms with Crippen molar-refractivity contribution < 1.29 is 4.79 Å². The van der Waals surface area contributed by atoms with E-state index in [2.05, 4.69) is 11.9 Å². The molecular weight excluding hydrogens is 164 g/mol. The summed E-state index contributed by atoms with van der Waals surface area (Å²) in [6, 6.07) is 1.98. The second kappa shape index (κ2) is 5.36. The van der Waals surface area contributed by atoms with Crippen molar-refractivity contribution in [3.8, 4) is 6.07 Å². The first-order valence-electron chi connectivity index (χ1n) is 4.30. The van der Waals surface area contributed by atoms with E-state index in [0.29, 0.717) is 6.54 Å². The number of nitrogens with one attached hydrogen (secondary N) is 1. The van der Waals surface area contributed by atoms with E-state index >= 15 is 0 Å². The van der Waals surface area contributed by atoms with E-state index in [1.54, 1.807) is 0 Å². The zero-order valence-electron chi connectivity index (χ0n) is 8.42. The third-order valence-corrected chi connectivity index (χ3v) is 1.65. The number of rotatable bonds is 4. The summed E-state index contributed by atoms with van der Waals surface area (Å²) in [5.74, 6) is -0.713. The first-order chi connectivity index (χ1) is 5.99. The second-order valence-electron chi connectivity index (χ2n) is 3.53. The average molecular weight is 180 g/mol. The van der Waals surface area contributed by atoms with Gasteiger partial charge in [0.25, 0.3) is 0 Å². The molecule has 0 bridgehead atoms. The molecule has 0 saturated heterocycles. The standard InChI is InChI=1S/C10H16N2O/c1-7(2)6-12-10(13)9(5-11)8(3)4/h8-9H,1,6H2,2-4H3,(H,12,13). The van der Waals surface area contributed by atoms with Crippen LogP contribution in [0.5, 0.6) is 0 Å². The smallest absolute Gasteiger partial charge is 0.237 e. The van der Waals surface area contributed by atoms with Crippen molar-refractivity contribution in [1.29, 1.82) is 5.26 Å². The molecule has 0 aliphatic carbocycles. The van der Waals surface area contributed by atoms with Crippen molar-refractivity contribution in [1.82, 2.24) is 5.32 Å². The lowest BCUT2D eigenvalue weighted by Crippen LogP contribution is -2.33. The Morgan fingerprint density at radius 3 is 2.46 bits per heavy atom. The third-order valence-electron chi connectivity index (χ3n) is 1.65. The molecule has 1 atom stereocenters. The van der Waals surface area contributed by atoms with E-state index in [1.807, 2.05) is 26.8 Å². The van der Waals surface area contributed by atoms with E-state index in [-0.39, 0.29) is 11.8 Å². The summed E-state index contributed by atoms with van der Waals surface area (Å²) in [5, 5.41) is 11.4. The summed E-state index contributed by atoms with van der Waals surface area (Å²) in [6.45, 7) is 9.65. The van der Waals surface area contributed by atoms with Gasteiger partial charge in [0.15, 0.2) is 0 Å². The van der Waals surface area contributed by atoms with Gasteiger partial charge in [-0.25, -0.2) is 0 Å². The lowest BCUT2D eigenvalue weighted by atomic mass is 9.97. The van der Waals surface area contributed by atoms with E-state index < -0.39 is 5.92 Å². The lowest BCUT2D eigenvalue weighted by molar-refractivity contribution is -0.124. The highest BCUT2D eigenvalue weighted by Gasteiger charge is 2.20. The van der Waals surface area contributed by atoms with Crippen molar-refractivity contribution in [2.45, 2.75) is 20.8 Å². The minimum absolute atomic E-state index is 0.0510. The molecule has 13 heavy (non-hydrogen) atoms. The number of hydrogen-bond donors (Lipinski definition) is 1. The fourth-order valence-corrected chi connectivity index (χ4v) is 0.858. The SMILES string of the molecule is C=C(C)CNC(=O)C(C#N)C(C)C. The Morgan fingerprint density at radius 2 is 2.15 bits per heavy atom. The van der Waals surface area contributed by atoms with Crippen LogP contribution in [0, 0.1) is 23.2 Å². The van der Waals surface area contributed by atoms with E-state index in [4.69, 9.17) is 5.26 Å². The number of nitriles is 1. The molecule has 1 amide bonds. The van der Waals surface area contributed by atoms with Gasteiger partial charge in [-0.15, -0.1) is 0 Å². The topological polar surface area (TPSA) is 52.9 Å². The molecule has 0 rings (SSSR count). The molecule has 0 aromatic carbocycles. The summed E-state index contributed by atoms with van der Waals surface area (Å²) >= 11 is 0. The molecule has 0 aliphatic heterocycles. The van der Waals surface area contributed by atoms with Gasteiger partial charge in [-0.1, -0.05) is 26.0 Å². The highest BCUT2D eigenvalue weighted by molar-refractivity contribution is 5.81. The van der Waals surface area contributed by atoms with E-state index in [0.717, 1.165) is 5.57 Å². The molecule has 3 nitrogen and oxygen atoms in total. The maximum atomic E-state index is 11.3. The number of hydrogen-bond acceptors (Lipinski definition) is 2. The summed E-state index contributed by atoms with van der Waals surface area (Å²) in [6.07, 6.45) is 0. The minimum atomic E-state index is -0.556. The van der Waals surface area contributed by atoms with Crippen LogP contribution in [0.4, 0.5) is 0 Å². The summed E-state index contributed by atoms with van der Waals surface area (Å²) in [5.41, 5.74) is 0.883. The zero-order chi connectivity index (χ0) is 10.4. The normalized spacial score (nSPS) is 11.9. The number of carbonyl (C=O) groups is 1. The molecule has 0 aliphatic rings. The molecule has 0 heterocycles. The Hall–Kier alpha value is -1.30. The van der Waals surface area contributed by atoms with Gasteiger partial charge in [0.1, 0.15) is 5.92 Å². The molecule has 0 fully saturated rings.